The molecule has 1 atom stereocenters. The van der Waals surface area contributed by atoms with Crippen LogP contribution < -0.4 is 10.1 Å². The van der Waals surface area contributed by atoms with Gasteiger partial charge in [0.15, 0.2) is 6.61 Å². The Hall–Kier alpha value is -2.05. The van der Waals surface area contributed by atoms with Gasteiger partial charge >= 0.3 is 0 Å². The fraction of sp³-hybridized carbons (Fsp3) is 0.417. The molecule has 0 aliphatic heterocycles. The number of halogens is 2. The van der Waals surface area contributed by atoms with Crippen LogP contribution in [0.1, 0.15) is 38.8 Å². The summed E-state index contributed by atoms with van der Waals surface area (Å²) in [7, 11) is 0. The summed E-state index contributed by atoms with van der Waals surface area (Å²) in [6, 6.07) is 12.4. The number of carbonyl (C=O) groups excluding carboxylic acids is 2. The summed E-state index contributed by atoms with van der Waals surface area (Å²) in [5.41, 5.74) is 2.02. The fourth-order valence-corrected chi connectivity index (χ4v) is 3.72. The largest absolute Gasteiger partial charge is 0.483 e. The van der Waals surface area contributed by atoms with Crippen LogP contribution in [-0.4, -0.2) is 35.9 Å². The standard InChI is InChI=1S/C24H30BrClN2O3/c1-5-18-9-10-22(21(25)12-18)31-15-23(29)28(14-19-7-6-8-20(26)11-19)17(4)24(30)27-13-16(2)3/h6-12,16-17H,5,13-15H2,1-4H3,(H,27,30)/t17-/m0/s1. The number of hydrogen-bond donors (Lipinski definition) is 1. The highest BCUT2D eigenvalue weighted by Gasteiger charge is 2.26. The Labute approximate surface area is 198 Å². The number of ether oxygens (including phenoxy) is 1. The normalized spacial score (nSPS) is 11.8. The van der Waals surface area contributed by atoms with Crippen LogP contribution in [0.15, 0.2) is 46.9 Å². The molecule has 2 aromatic rings. The van der Waals surface area contributed by atoms with Crippen molar-refractivity contribution in [2.45, 2.75) is 46.7 Å². The fourth-order valence-electron chi connectivity index (χ4n) is 2.97. The summed E-state index contributed by atoms with van der Waals surface area (Å²) in [6.07, 6.45) is 0.911. The first-order valence-electron chi connectivity index (χ1n) is 10.4. The average molecular weight is 510 g/mol. The molecule has 5 nitrogen and oxygen atoms in total. The summed E-state index contributed by atoms with van der Waals surface area (Å²) >= 11 is 9.60. The van der Waals surface area contributed by atoms with E-state index in [-0.39, 0.29) is 25.0 Å². The highest BCUT2D eigenvalue weighted by atomic mass is 79.9. The second kappa shape index (κ2) is 12.1. The highest BCUT2D eigenvalue weighted by molar-refractivity contribution is 9.10. The first kappa shape index (κ1) is 25.2. The predicted octanol–water partition coefficient (Wildman–Crippen LogP) is 5.23. The van der Waals surface area contributed by atoms with Gasteiger partial charge in [-0.25, -0.2) is 0 Å². The molecule has 0 spiro atoms. The molecule has 0 aliphatic carbocycles. The Kier molecular flexibility index (Phi) is 9.85. The van der Waals surface area contributed by atoms with Gasteiger partial charge in [-0.05, 0) is 70.6 Å². The number of carbonyl (C=O) groups is 2. The van der Waals surface area contributed by atoms with Crippen molar-refractivity contribution in [1.29, 1.82) is 0 Å². The molecule has 2 rings (SSSR count). The third kappa shape index (κ3) is 7.86. The molecule has 2 aromatic carbocycles. The summed E-state index contributed by atoms with van der Waals surface area (Å²) in [6.45, 7) is 8.48. The van der Waals surface area contributed by atoms with Crippen LogP contribution in [0, 0.1) is 5.92 Å². The molecule has 2 amide bonds. The minimum atomic E-state index is -0.653. The molecule has 0 bridgehead atoms. The topological polar surface area (TPSA) is 58.6 Å². The predicted molar refractivity (Wildman–Crippen MR) is 128 cm³/mol. The second-order valence-corrected chi connectivity index (χ2v) is 9.16. The third-order valence-corrected chi connectivity index (χ3v) is 5.70. The molecule has 0 radical (unpaired) electrons. The summed E-state index contributed by atoms with van der Waals surface area (Å²) < 4.78 is 6.57. The Balaban J connectivity index is 2.15. The number of nitrogens with one attached hydrogen (secondary N) is 1. The SMILES string of the molecule is CCc1ccc(OCC(=O)N(Cc2cccc(Cl)c2)[C@@H](C)C(=O)NCC(C)C)c(Br)c1. The van der Waals surface area contributed by atoms with Crippen molar-refractivity contribution < 1.29 is 14.3 Å². The van der Waals surface area contributed by atoms with Crippen LogP contribution in [0.2, 0.25) is 5.02 Å². The molecule has 168 valence electrons. The maximum atomic E-state index is 13.1. The zero-order chi connectivity index (χ0) is 23.0. The molecule has 0 saturated carbocycles. The number of aryl methyl sites for hydroxylation is 1. The number of amides is 2. The van der Waals surface area contributed by atoms with Crippen molar-refractivity contribution in [2.75, 3.05) is 13.2 Å². The van der Waals surface area contributed by atoms with Crippen LogP contribution >= 0.6 is 27.5 Å². The van der Waals surface area contributed by atoms with Gasteiger partial charge in [-0.3, -0.25) is 9.59 Å². The van der Waals surface area contributed by atoms with Gasteiger partial charge in [0.25, 0.3) is 5.91 Å². The van der Waals surface area contributed by atoms with E-state index in [0.29, 0.717) is 23.2 Å². The Bertz CT molecular complexity index is 904. The first-order chi connectivity index (χ1) is 14.7. The second-order valence-electron chi connectivity index (χ2n) is 7.87. The summed E-state index contributed by atoms with van der Waals surface area (Å²) in [5.74, 6) is 0.432. The lowest BCUT2D eigenvalue weighted by Crippen LogP contribution is -2.49. The molecule has 0 unspecified atom stereocenters. The van der Waals surface area contributed by atoms with Crippen LogP contribution in [-0.2, 0) is 22.6 Å². The zero-order valence-corrected chi connectivity index (χ0v) is 20.8. The minimum Gasteiger partial charge on any atom is -0.483 e. The highest BCUT2D eigenvalue weighted by Crippen LogP contribution is 2.26. The van der Waals surface area contributed by atoms with Crippen molar-refractivity contribution >= 4 is 39.3 Å². The van der Waals surface area contributed by atoms with Gasteiger partial charge in [-0.2, -0.15) is 0 Å². The number of hydrogen-bond acceptors (Lipinski definition) is 3. The van der Waals surface area contributed by atoms with Gasteiger partial charge in [-0.1, -0.05) is 50.6 Å². The Morgan fingerprint density at radius 3 is 2.48 bits per heavy atom. The van der Waals surface area contributed by atoms with E-state index in [9.17, 15) is 9.59 Å². The summed E-state index contributed by atoms with van der Waals surface area (Å²) in [5, 5.41) is 3.48. The molecule has 31 heavy (non-hydrogen) atoms. The Morgan fingerprint density at radius 2 is 1.87 bits per heavy atom. The van der Waals surface area contributed by atoms with Gasteiger partial charge in [0.1, 0.15) is 11.8 Å². The molecule has 0 saturated heterocycles. The van der Waals surface area contributed by atoms with Crippen LogP contribution in [0.4, 0.5) is 0 Å². The molecular formula is C24H30BrClN2O3. The molecular weight excluding hydrogens is 480 g/mol. The van der Waals surface area contributed by atoms with Gasteiger partial charge in [0.05, 0.1) is 4.47 Å². The van der Waals surface area contributed by atoms with Crippen molar-refractivity contribution in [3.63, 3.8) is 0 Å². The molecule has 0 aliphatic rings. The summed E-state index contributed by atoms with van der Waals surface area (Å²) in [4.78, 5) is 27.3. The van der Waals surface area contributed by atoms with Crippen molar-refractivity contribution in [2.24, 2.45) is 5.92 Å². The quantitative estimate of drug-likeness (QED) is 0.477. The van der Waals surface area contributed by atoms with Gasteiger partial charge in [0.2, 0.25) is 5.91 Å². The van der Waals surface area contributed by atoms with E-state index in [2.05, 4.69) is 28.2 Å². The van der Waals surface area contributed by atoms with Crippen LogP contribution in [0.3, 0.4) is 0 Å². The lowest BCUT2D eigenvalue weighted by atomic mass is 10.1. The molecule has 0 fully saturated rings. The number of rotatable bonds is 10. The molecule has 1 N–H and O–H groups in total. The first-order valence-corrected chi connectivity index (χ1v) is 11.6. The lowest BCUT2D eigenvalue weighted by Gasteiger charge is -2.29. The van der Waals surface area contributed by atoms with E-state index in [1.807, 2.05) is 44.2 Å². The molecule has 0 heterocycles. The Morgan fingerprint density at radius 1 is 1.13 bits per heavy atom. The van der Waals surface area contributed by atoms with Crippen molar-refractivity contribution in [1.82, 2.24) is 10.2 Å². The van der Waals surface area contributed by atoms with Crippen LogP contribution in [0.25, 0.3) is 0 Å². The maximum Gasteiger partial charge on any atom is 0.261 e. The molecule has 0 aromatic heterocycles. The average Bonchev–Trinajstić information content (AvgIpc) is 2.74. The van der Waals surface area contributed by atoms with Gasteiger partial charge < -0.3 is 15.0 Å². The van der Waals surface area contributed by atoms with Gasteiger partial charge in [0, 0.05) is 18.1 Å². The van der Waals surface area contributed by atoms with E-state index in [1.54, 1.807) is 19.1 Å². The van der Waals surface area contributed by atoms with E-state index in [0.717, 1.165) is 16.5 Å². The van der Waals surface area contributed by atoms with Crippen LogP contribution in [0.5, 0.6) is 5.75 Å². The number of nitrogens with zero attached hydrogens (tertiary/aromatic N) is 1. The number of benzene rings is 2. The van der Waals surface area contributed by atoms with E-state index >= 15 is 0 Å². The zero-order valence-electron chi connectivity index (χ0n) is 18.5. The van der Waals surface area contributed by atoms with E-state index in [1.165, 1.54) is 10.5 Å². The smallest absolute Gasteiger partial charge is 0.261 e. The van der Waals surface area contributed by atoms with Crippen molar-refractivity contribution in [3.8, 4) is 5.75 Å². The van der Waals surface area contributed by atoms with E-state index < -0.39 is 6.04 Å². The maximum absolute atomic E-state index is 13.1. The van der Waals surface area contributed by atoms with E-state index in [4.69, 9.17) is 16.3 Å². The van der Waals surface area contributed by atoms with Crippen molar-refractivity contribution in [3.05, 3.63) is 63.1 Å². The monoisotopic (exact) mass is 508 g/mol. The molecule has 7 heteroatoms. The lowest BCUT2D eigenvalue weighted by molar-refractivity contribution is -0.142. The minimum absolute atomic E-state index is 0.174. The third-order valence-electron chi connectivity index (χ3n) is 4.85. The van der Waals surface area contributed by atoms with Gasteiger partial charge in [-0.15, -0.1) is 0 Å².